The van der Waals surface area contributed by atoms with Crippen LogP contribution in [0.1, 0.15) is 24.8 Å². The Kier molecular flexibility index (Phi) is 5.29. The number of unbranched alkanes of at least 4 members (excludes halogenated alkanes) is 1. The molecule has 1 aromatic carbocycles. The van der Waals surface area contributed by atoms with Crippen LogP contribution in [-0.2, 0) is 4.79 Å². The number of carboxylic acids is 1. The zero-order valence-electron chi connectivity index (χ0n) is 10.1. The first-order valence-corrected chi connectivity index (χ1v) is 5.69. The summed E-state index contributed by atoms with van der Waals surface area (Å²) in [6.45, 7) is 0.514. The van der Waals surface area contributed by atoms with Crippen molar-refractivity contribution in [1.29, 1.82) is 5.26 Å². The first-order chi connectivity index (χ1) is 9.04. The van der Waals surface area contributed by atoms with Gasteiger partial charge in [-0.2, -0.15) is 5.26 Å². The lowest BCUT2D eigenvalue weighted by Gasteiger charge is -2.07. The van der Waals surface area contributed by atoms with Gasteiger partial charge in [-0.05, 0) is 18.9 Å². The summed E-state index contributed by atoms with van der Waals surface area (Å²) in [4.78, 5) is 20.3. The van der Waals surface area contributed by atoms with Crippen LogP contribution in [-0.4, -0.2) is 22.5 Å². The average molecular weight is 263 g/mol. The van der Waals surface area contributed by atoms with Crippen molar-refractivity contribution in [2.75, 3.05) is 11.9 Å². The van der Waals surface area contributed by atoms with Crippen LogP contribution in [0, 0.1) is 21.4 Å². The molecule has 100 valence electrons. The van der Waals surface area contributed by atoms with E-state index in [4.69, 9.17) is 10.4 Å². The Morgan fingerprint density at radius 1 is 1.47 bits per heavy atom. The van der Waals surface area contributed by atoms with Gasteiger partial charge in [0, 0.05) is 25.1 Å². The third-order valence-corrected chi connectivity index (χ3v) is 2.47. The van der Waals surface area contributed by atoms with Crippen LogP contribution in [0.15, 0.2) is 18.2 Å². The number of nitrogens with zero attached hydrogens (tertiary/aromatic N) is 2. The lowest BCUT2D eigenvalue weighted by atomic mass is 10.1. The third-order valence-electron chi connectivity index (χ3n) is 2.47. The molecule has 0 saturated carbocycles. The molecule has 19 heavy (non-hydrogen) atoms. The van der Waals surface area contributed by atoms with Gasteiger partial charge in [0.05, 0.1) is 16.2 Å². The Morgan fingerprint density at radius 3 is 2.79 bits per heavy atom. The number of nitro benzene ring substituents is 1. The van der Waals surface area contributed by atoms with Crippen molar-refractivity contribution in [2.45, 2.75) is 19.3 Å². The van der Waals surface area contributed by atoms with Crippen molar-refractivity contribution in [3.05, 3.63) is 33.9 Å². The van der Waals surface area contributed by atoms with E-state index in [1.165, 1.54) is 18.2 Å². The van der Waals surface area contributed by atoms with Gasteiger partial charge in [-0.15, -0.1) is 0 Å². The molecule has 0 heterocycles. The molecular weight excluding hydrogens is 250 g/mol. The summed E-state index contributed by atoms with van der Waals surface area (Å²) in [6.07, 6.45) is 1.29. The highest BCUT2D eigenvalue weighted by molar-refractivity contribution is 5.66. The fraction of sp³-hybridized carbons (Fsp3) is 0.333. The number of nitriles is 1. The molecule has 0 aliphatic carbocycles. The summed E-state index contributed by atoms with van der Waals surface area (Å²) < 4.78 is 0. The fourth-order valence-corrected chi connectivity index (χ4v) is 1.52. The standard InChI is InChI=1S/C12H13N3O4/c13-8-9-7-10(15(18)19)4-5-11(9)14-6-2-1-3-12(16)17/h4-5,7,14H,1-3,6H2,(H,16,17). The zero-order chi connectivity index (χ0) is 14.3. The minimum absolute atomic E-state index is 0.104. The number of non-ortho nitro benzene ring substituents is 1. The zero-order valence-corrected chi connectivity index (χ0v) is 10.1. The number of carboxylic acid groups (broad SMARTS) is 1. The molecule has 0 bridgehead atoms. The minimum atomic E-state index is -0.840. The molecule has 0 amide bonds. The summed E-state index contributed by atoms with van der Waals surface area (Å²) in [5.41, 5.74) is 0.587. The Hall–Kier alpha value is -2.62. The van der Waals surface area contributed by atoms with E-state index >= 15 is 0 Å². The van der Waals surface area contributed by atoms with E-state index in [2.05, 4.69) is 5.32 Å². The summed E-state index contributed by atoms with van der Waals surface area (Å²) in [5.74, 6) is -0.840. The van der Waals surface area contributed by atoms with Gasteiger partial charge in [0.25, 0.3) is 5.69 Å². The van der Waals surface area contributed by atoms with E-state index in [0.717, 1.165) is 0 Å². The van der Waals surface area contributed by atoms with Crippen molar-refractivity contribution >= 4 is 17.3 Å². The van der Waals surface area contributed by atoms with Crippen molar-refractivity contribution < 1.29 is 14.8 Å². The summed E-state index contributed by atoms with van der Waals surface area (Å²) in [5, 5.41) is 30.9. The van der Waals surface area contributed by atoms with Crippen LogP contribution in [0.3, 0.4) is 0 Å². The van der Waals surface area contributed by atoms with Gasteiger partial charge < -0.3 is 10.4 Å². The first kappa shape index (κ1) is 14.4. The normalized spacial score (nSPS) is 9.63. The van der Waals surface area contributed by atoms with Gasteiger partial charge in [-0.3, -0.25) is 14.9 Å². The number of hydrogen-bond donors (Lipinski definition) is 2. The van der Waals surface area contributed by atoms with E-state index in [9.17, 15) is 14.9 Å². The van der Waals surface area contributed by atoms with E-state index in [-0.39, 0.29) is 17.7 Å². The van der Waals surface area contributed by atoms with Gasteiger partial charge >= 0.3 is 5.97 Å². The summed E-state index contributed by atoms with van der Waals surface area (Å²) >= 11 is 0. The van der Waals surface area contributed by atoms with Gasteiger partial charge in [0.15, 0.2) is 0 Å². The molecule has 1 aromatic rings. The summed E-state index contributed by atoms with van der Waals surface area (Å²) in [7, 11) is 0. The quantitative estimate of drug-likeness (QED) is 0.442. The van der Waals surface area contributed by atoms with Gasteiger partial charge in [0.1, 0.15) is 6.07 Å². The molecule has 0 aromatic heterocycles. The molecule has 0 atom stereocenters. The lowest BCUT2D eigenvalue weighted by Crippen LogP contribution is -2.05. The van der Waals surface area contributed by atoms with E-state index in [1.54, 1.807) is 0 Å². The van der Waals surface area contributed by atoms with Crippen LogP contribution >= 0.6 is 0 Å². The highest BCUT2D eigenvalue weighted by Crippen LogP contribution is 2.21. The van der Waals surface area contributed by atoms with Crippen molar-refractivity contribution in [3.8, 4) is 6.07 Å². The molecule has 0 unspecified atom stereocenters. The minimum Gasteiger partial charge on any atom is -0.481 e. The second-order valence-electron chi connectivity index (χ2n) is 3.88. The highest BCUT2D eigenvalue weighted by Gasteiger charge is 2.10. The van der Waals surface area contributed by atoms with Crippen LogP contribution < -0.4 is 5.32 Å². The Bertz CT molecular complexity index is 522. The fourth-order valence-electron chi connectivity index (χ4n) is 1.52. The maximum atomic E-state index is 10.6. The monoisotopic (exact) mass is 263 g/mol. The van der Waals surface area contributed by atoms with Crippen molar-refractivity contribution in [1.82, 2.24) is 0 Å². The maximum absolute atomic E-state index is 10.6. The van der Waals surface area contributed by atoms with Gasteiger partial charge in [-0.1, -0.05) is 0 Å². The van der Waals surface area contributed by atoms with Crippen molar-refractivity contribution in [3.63, 3.8) is 0 Å². The van der Waals surface area contributed by atoms with Crippen LogP contribution in [0.4, 0.5) is 11.4 Å². The van der Waals surface area contributed by atoms with E-state index < -0.39 is 10.9 Å². The first-order valence-electron chi connectivity index (χ1n) is 5.69. The molecule has 7 heteroatoms. The SMILES string of the molecule is N#Cc1cc([N+](=O)[O-])ccc1NCCCCC(=O)O. The molecule has 7 nitrogen and oxygen atoms in total. The molecule has 2 N–H and O–H groups in total. The molecule has 0 spiro atoms. The Labute approximate surface area is 109 Å². The molecule has 0 saturated heterocycles. The van der Waals surface area contributed by atoms with Crippen LogP contribution in [0.2, 0.25) is 0 Å². The number of benzene rings is 1. The average Bonchev–Trinajstić information content (AvgIpc) is 2.37. The second kappa shape index (κ2) is 6.96. The number of rotatable bonds is 7. The Morgan fingerprint density at radius 2 is 2.21 bits per heavy atom. The second-order valence-corrected chi connectivity index (χ2v) is 3.88. The van der Waals surface area contributed by atoms with Crippen LogP contribution in [0.5, 0.6) is 0 Å². The maximum Gasteiger partial charge on any atom is 0.303 e. The van der Waals surface area contributed by atoms with Crippen molar-refractivity contribution in [2.24, 2.45) is 0 Å². The van der Waals surface area contributed by atoms with Gasteiger partial charge in [0.2, 0.25) is 0 Å². The number of carbonyl (C=O) groups is 1. The largest absolute Gasteiger partial charge is 0.481 e. The molecule has 0 aliphatic heterocycles. The number of nitro groups is 1. The predicted molar refractivity (Wildman–Crippen MR) is 67.8 cm³/mol. The third kappa shape index (κ3) is 4.63. The predicted octanol–water partition coefficient (Wildman–Crippen LogP) is 2.13. The smallest absolute Gasteiger partial charge is 0.303 e. The molecule has 0 radical (unpaired) electrons. The molecular formula is C12H13N3O4. The molecule has 1 rings (SSSR count). The van der Waals surface area contributed by atoms with E-state index in [1.807, 2.05) is 6.07 Å². The van der Waals surface area contributed by atoms with E-state index in [0.29, 0.717) is 25.1 Å². The highest BCUT2D eigenvalue weighted by atomic mass is 16.6. The number of anilines is 1. The number of nitrogens with one attached hydrogen (secondary N) is 1. The Balaban J connectivity index is 2.57. The molecule has 0 fully saturated rings. The molecule has 0 aliphatic rings. The van der Waals surface area contributed by atoms with Crippen LogP contribution in [0.25, 0.3) is 0 Å². The number of hydrogen-bond acceptors (Lipinski definition) is 5. The van der Waals surface area contributed by atoms with Gasteiger partial charge in [-0.25, -0.2) is 0 Å². The number of aliphatic carboxylic acids is 1. The lowest BCUT2D eigenvalue weighted by molar-refractivity contribution is -0.384. The summed E-state index contributed by atoms with van der Waals surface area (Å²) in [6, 6.07) is 5.90. The topological polar surface area (TPSA) is 116 Å².